The van der Waals surface area contributed by atoms with Gasteiger partial charge in [0.15, 0.2) is 0 Å². The molecule has 1 heteroatoms. The Kier molecular flexibility index (Phi) is 3.82. The van der Waals surface area contributed by atoms with Crippen molar-refractivity contribution >= 4 is 0 Å². The molecule has 18 heavy (non-hydrogen) atoms. The molecule has 1 aliphatic carbocycles. The number of hydrogen-bond donors (Lipinski definition) is 1. The van der Waals surface area contributed by atoms with E-state index in [2.05, 4.69) is 39.8 Å². The van der Waals surface area contributed by atoms with E-state index in [9.17, 15) is 5.11 Å². The van der Waals surface area contributed by atoms with E-state index in [0.29, 0.717) is 0 Å². The monoisotopic (exact) mass is 246 g/mol. The molecule has 0 aliphatic heterocycles. The van der Waals surface area contributed by atoms with Gasteiger partial charge in [0.05, 0.1) is 5.60 Å². The lowest BCUT2D eigenvalue weighted by atomic mass is 9.75. The molecule has 1 aromatic rings. The normalized spacial score (nSPS) is 28.4. The predicted molar refractivity (Wildman–Crippen MR) is 76.9 cm³/mol. The van der Waals surface area contributed by atoms with Gasteiger partial charge in [0, 0.05) is 6.42 Å². The molecule has 0 heterocycles. The molecule has 0 aromatic heterocycles. The van der Waals surface area contributed by atoms with Gasteiger partial charge in [-0.2, -0.15) is 0 Å². The van der Waals surface area contributed by atoms with E-state index in [-0.39, 0.29) is 0 Å². The molecule has 0 unspecified atom stereocenters. The highest BCUT2D eigenvalue weighted by Crippen LogP contribution is 2.35. The summed E-state index contributed by atoms with van der Waals surface area (Å²) in [5.41, 5.74) is 4.88. The lowest BCUT2D eigenvalue weighted by molar-refractivity contribution is -0.00691. The summed E-state index contributed by atoms with van der Waals surface area (Å²) in [7, 11) is 0. The van der Waals surface area contributed by atoms with E-state index < -0.39 is 5.60 Å². The highest BCUT2D eigenvalue weighted by atomic mass is 16.3. The molecule has 1 saturated carbocycles. The van der Waals surface area contributed by atoms with Gasteiger partial charge >= 0.3 is 0 Å². The topological polar surface area (TPSA) is 20.2 Å². The van der Waals surface area contributed by atoms with E-state index in [1.807, 2.05) is 0 Å². The zero-order valence-electron chi connectivity index (χ0n) is 12.2. The minimum absolute atomic E-state index is 0.461. The maximum absolute atomic E-state index is 10.8. The van der Waals surface area contributed by atoms with Crippen molar-refractivity contribution in [2.45, 2.75) is 65.4 Å². The van der Waals surface area contributed by atoms with Crippen LogP contribution in [0.5, 0.6) is 0 Å². The molecule has 0 spiro atoms. The Hall–Kier alpha value is -0.820. The lowest BCUT2D eigenvalue weighted by Gasteiger charge is -2.35. The third kappa shape index (κ3) is 2.95. The van der Waals surface area contributed by atoms with Gasteiger partial charge in [-0.15, -0.1) is 0 Å². The summed E-state index contributed by atoms with van der Waals surface area (Å²) in [6, 6.07) is 4.47. The van der Waals surface area contributed by atoms with Crippen molar-refractivity contribution in [3.8, 4) is 0 Å². The van der Waals surface area contributed by atoms with E-state index in [0.717, 1.165) is 25.2 Å². The average Bonchev–Trinajstić information content (AvgIpc) is 2.28. The zero-order chi connectivity index (χ0) is 13.3. The minimum Gasteiger partial charge on any atom is -0.390 e. The molecular weight excluding hydrogens is 220 g/mol. The first-order valence-corrected chi connectivity index (χ1v) is 7.19. The van der Waals surface area contributed by atoms with E-state index in [1.54, 1.807) is 0 Å². The molecule has 0 saturated heterocycles. The summed E-state index contributed by atoms with van der Waals surface area (Å²) >= 11 is 0. The van der Waals surface area contributed by atoms with Gasteiger partial charge < -0.3 is 5.11 Å². The molecule has 0 atom stereocenters. The lowest BCUT2D eigenvalue weighted by Crippen LogP contribution is -2.36. The van der Waals surface area contributed by atoms with Crippen molar-refractivity contribution in [1.82, 2.24) is 0 Å². The molecule has 0 bridgehead atoms. The zero-order valence-corrected chi connectivity index (χ0v) is 12.2. The van der Waals surface area contributed by atoms with Crippen molar-refractivity contribution in [1.29, 1.82) is 0 Å². The van der Waals surface area contributed by atoms with Crippen molar-refractivity contribution in [2.75, 3.05) is 0 Å². The fraction of sp³-hybridized carbons (Fsp3) is 0.647. The number of hydrogen-bond acceptors (Lipinski definition) is 1. The van der Waals surface area contributed by atoms with Crippen LogP contribution in [0, 0.1) is 26.7 Å². The first kappa shape index (κ1) is 13.6. The molecule has 0 amide bonds. The minimum atomic E-state index is -0.461. The Morgan fingerprint density at radius 2 is 1.61 bits per heavy atom. The van der Waals surface area contributed by atoms with Crippen LogP contribution in [0.2, 0.25) is 0 Å². The summed E-state index contributed by atoms with van der Waals surface area (Å²) in [6.45, 7) is 8.77. The number of benzene rings is 1. The van der Waals surface area contributed by atoms with E-state index >= 15 is 0 Å². The molecule has 0 radical (unpaired) electrons. The van der Waals surface area contributed by atoms with Gasteiger partial charge in [-0.3, -0.25) is 0 Å². The Bertz CT molecular complexity index is 402. The van der Waals surface area contributed by atoms with Crippen molar-refractivity contribution in [2.24, 2.45) is 5.92 Å². The first-order chi connectivity index (χ1) is 8.39. The molecule has 1 aliphatic rings. The Labute approximate surface area is 111 Å². The predicted octanol–water partition coefficient (Wildman–Crippen LogP) is 4.10. The summed E-state index contributed by atoms with van der Waals surface area (Å²) in [6.07, 6.45) is 5.08. The first-order valence-electron chi connectivity index (χ1n) is 7.19. The Morgan fingerprint density at radius 3 is 2.11 bits per heavy atom. The standard InChI is InChI=1S/C17H26O/c1-12-5-7-17(18,8-6-12)11-16-14(3)9-13(2)10-15(16)4/h9-10,12,18H,5-8,11H2,1-4H3. The van der Waals surface area contributed by atoms with Crippen molar-refractivity contribution in [3.05, 3.63) is 34.4 Å². The summed E-state index contributed by atoms with van der Waals surface area (Å²) < 4.78 is 0. The second-order valence-electron chi connectivity index (χ2n) is 6.46. The highest BCUT2D eigenvalue weighted by Gasteiger charge is 2.32. The van der Waals surface area contributed by atoms with Crippen molar-refractivity contribution < 1.29 is 5.11 Å². The average molecular weight is 246 g/mol. The van der Waals surface area contributed by atoms with Gasteiger partial charge in [0.2, 0.25) is 0 Å². The maximum atomic E-state index is 10.8. The fourth-order valence-corrected chi connectivity index (χ4v) is 3.29. The Morgan fingerprint density at radius 1 is 1.11 bits per heavy atom. The highest BCUT2D eigenvalue weighted by molar-refractivity contribution is 5.38. The van der Waals surface area contributed by atoms with Crippen LogP contribution >= 0.6 is 0 Å². The SMILES string of the molecule is Cc1cc(C)c(CC2(O)CCC(C)CC2)c(C)c1. The molecular formula is C17H26O. The second-order valence-corrected chi connectivity index (χ2v) is 6.46. The van der Waals surface area contributed by atoms with Crippen LogP contribution in [-0.2, 0) is 6.42 Å². The molecule has 1 fully saturated rings. The van der Waals surface area contributed by atoms with Crippen LogP contribution in [-0.4, -0.2) is 10.7 Å². The van der Waals surface area contributed by atoms with Crippen LogP contribution in [0.1, 0.15) is 54.9 Å². The molecule has 1 aromatic carbocycles. The van der Waals surface area contributed by atoms with Gasteiger partial charge in [0.1, 0.15) is 0 Å². The van der Waals surface area contributed by atoms with Crippen LogP contribution in [0.3, 0.4) is 0 Å². The number of rotatable bonds is 2. The van der Waals surface area contributed by atoms with E-state index in [1.165, 1.54) is 35.1 Å². The van der Waals surface area contributed by atoms with Gasteiger partial charge in [-0.1, -0.05) is 24.6 Å². The molecule has 1 nitrogen and oxygen atoms in total. The smallest absolute Gasteiger partial charge is 0.0688 e. The second kappa shape index (κ2) is 5.05. The number of aliphatic hydroxyl groups is 1. The van der Waals surface area contributed by atoms with Gasteiger partial charge in [-0.05, 0) is 69.1 Å². The summed E-state index contributed by atoms with van der Waals surface area (Å²) in [4.78, 5) is 0. The fourth-order valence-electron chi connectivity index (χ4n) is 3.29. The summed E-state index contributed by atoms with van der Waals surface area (Å²) in [5, 5.41) is 10.8. The van der Waals surface area contributed by atoms with Crippen molar-refractivity contribution in [3.63, 3.8) is 0 Å². The molecule has 1 N–H and O–H groups in total. The maximum Gasteiger partial charge on any atom is 0.0688 e. The molecule has 2 rings (SSSR count). The Balaban J connectivity index is 2.19. The van der Waals surface area contributed by atoms with E-state index in [4.69, 9.17) is 0 Å². The molecule has 100 valence electrons. The van der Waals surface area contributed by atoms with Crippen LogP contribution in [0.15, 0.2) is 12.1 Å². The quantitative estimate of drug-likeness (QED) is 0.833. The largest absolute Gasteiger partial charge is 0.390 e. The van der Waals surface area contributed by atoms with Crippen LogP contribution < -0.4 is 0 Å². The third-order valence-electron chi connectivity index (χ3n) is 4.55. The van der Waals surface area contributed by atoms with Crippen LogP contribution in [0.4, 0.5) is 0 Å². The number of aryl methyl sites for hydroxylation is 3. The van der Waals surface area contributed by atoms with Gasteiger partial charge in [0.25, 0.3) is 0 Å². The van der Waals surface area contributed by atoms with Crippen LogP contribution in [0.25, 0.3) is 0 Å². The summed E-state index contributed by atoms with van der Waals surface area (Å²) in [5.74, 6) is 0.783. The third-order valence-corrected chi connectivity index (χ3v) is 4.55. The van der Waals surface area contributed by atoms with Gasteiger partial charge in [-0.25, -0.2) is 0 Å².